The number of benzene rings is 7. The average molecular weight is 433 g/mol. The molecule has 0 aliphatic heterocycles. The number of aryl methyl sites for hydroxylation is 2. The first kappa shape index (κ1) is 19.3. The molecule has 0 nitrogen and oxygen atoms in total. The van der Waals surface area contributed by atoms with Crippen LogP contribution in [0.2, 0.25) is 0 Å². The highest BCUT2D eigenvalue weighted by Crippen LogP contribution is 2.43. The summed E-state index contributed by atoms with van der Waals surface area (Å²) in [6, 6.07) is 40.5. The summed E-state index contributed by atoms with van der Waals surface area (Å²) in [5.41, 5.74) is 7.86. The molecule has 0 unspecified atom stereocenters. The fraction of sp³-hybridized carbons (Fsp3) is 0.0588. The molecule has 0 bridgehead atoms. The predicted octanol–water partition coefficient (Wildman–Crippen LogP) is 9.69. The van der Waals surface area contributed by atoms with Crippen LogP contribution in [0.5, 0.6) is 0 Å². The van der Waals surface area contributed by atoms with Crippen LogP contribution in [0.15, 0.2) is 109 Å². The largest absolute Gasteiger partial charge is 0.0616 e. The summed E-state index contributed by atoms with van der Waals surface area (Å²) in [6.07, 6.45) is 0. The van der Waals surface area contributed by atoms with E-state index in [1.807, 2.05) is 0 Å². The Morgan fingerprint density at radius 3 is 1.76 bits per heavy atom. The number of hydrogen-bond donors (Lipinski definition) is 0. The predicted molar refractivity (Wildman–Crippen MR) is 148 cm³/mol. The molecule has 0 saturated heterocycles. The Morgan fingerprint density at radius 1 is 0.382 bits per heavy atom. The zero-order valence-corrected chi connectivity index (χ0v) is 19.4. The molecule has 0 N–H and O–H groups in total. The van der Waals surface area contributed by atoms with Crippen LogP contribution in [0.25, 0.3) is 65.3 Å². The highest BCUT2D eigenvalue weighted by Gasteiger charge is 2.15. The second-order valence-corrected chi connectivity index (χ2v) is 9.47. The Hall–Kier alpha value is -4.16. The lowest BCUT2D eigenvalue weighted by molar-refractivity contribution is 1.34. The number of rotatable bonds is 2. The molecule has 0 aromatic heterocycles. The summed E-state index contributed by atoms with van der Waals surface area (Å²) in [5, 5.41) is 10.6. The van der Waals surface area contributed by atoms with Crippen LogP contribution in [0.3, 0.4) is 0 Å². The van der Waals surface area contributed by atoms with Crippen LogP contribution in [-0.2, 0) is 0 Å². The minimum Gasteiger partial charge on any atom is -0.0616 e. The number of fused-ring (bicyclic) bond motifs is 1. The fourth-order valence-electron chi connectivity index (χ4n) is 5.66. The lowest BCUT2D eigenvalue weighted by Crippen LogP contribution is -1.90. The van der Waals surface area contributed by atoms with Crippen molar-refractivity contribution < 1.29 is 0 Å². The quantitative estimate of drug-likeness (QED) is 0.239. The van der Waals surface area contributed by atoms with E-state index in [4.69, 9.17) is 0 Å². The van der Waals surface area contributed by atoms with Gasteiger partial charge in [0.25, 0.3) is 0 Å². The third-order valence-electron chi connectivity index (χ3n) is 7.56. The fourth-order valence-corrected chi connectivity index (χ4v) is 5.66. The van der Waals surface area contributed by atoms with Gasteiger partial charge in [0.05, 0.1) is 0 Å². The molecule has 0 heteroatoms. The molecule has 0 fully saturated rings. The topological polar surface area (TPSA) is 0 Å². The maximum absolute atomic E-state index is 2.32. The molecule has 0 amide bonds. The molecule has 0 saturated carbocycles. The molecular weight excluding hydrogens is 408 g/mol. The van der Waals surface area contributed by atoms with Crippen LogP contribution < -0.4 is 0 Å². The van der Waals surface area contributed by atoms with E-state index >= 15 is 0 Å². The average Bonchev–Trinajstić information content (AvgIpc) is 2.88. The van der Waals surface area contributed by atoms with Crippen LogP contribution in [0, 0.1) is 13.8 Å². The zero-order valence-electron chi connectivity index (χ0n) is 19.4. The van der Waals surface area contributed by atoms with E-state index in [9.17, 15) is 0 Å². The summed E-state index contributed by atoms with van der Waals surface area (Å²) in [4.78, 5) is 0. The summed E-state index contributed by atoms with van der Waals surface area (Å²) >= 11 is 0. The van der Waals surface area contributed by atoms with Gasteiger partial charge in [0.1, 0.15) is 0 Å². The molecule has 7 aromatic carbocycles. The van der Waals surface area contributed by atoms with Crippen molar-refractivity contribution in [1.29, 1.82) is 0 Å². The maximum atomic E-state index is 2.32. The first-order valence-corrected chi connectivity index (χ1v) is 12.0. The summed E-state index contributed by atoms with van der Waals surface area (Å²) in [6.45, 7) is 4.38. The van der Waals surface area contributed by atoms with Crippen LogP contribution in [-0.4, -0.2) is 0 Å². The third kappa shape index (κ3) is 2.72. The minimum absolute atomic E-state index is 1.28. The van der Waals surface area contributed by atoms with Gasteiger partial charge in [0.2, 0.25) is 0 Å². The molecule has 160 valence electrons. The number of hydrogen-bond acceptors (Lipinski definition) is 0. The van der Waals surface area contributed by atoms with Crippen molar-refractivity contribution in [3.05, 3.63) is 120 Å². The molecule has 34 heavy (non-hydrogen) atoms. The van der Waals surface area contributed by atoms with Gasteiger partial charge < -0.3 is 0 Å². The van der Waals surface area contributed by atoms with Gasteiger partial charge in [-0.15, -0.1) is 0 Å². The van der Waals surface area contributed by atoms with Crippen molar-refractivity contribution in [3.63, 3.8) is 0 Å². The van der Waals surface area contributed by atoms with E-state index in [0.29, 0.717) is 0 Å². The molecule has 7 rings (SSSR count). The van der Waals surface area contributed by atoms with Crippen LogP contribution in [0.1, 0.15) is 11.1 Å². The monoisotopic (exact) mass is 432 g/mol. The molecule has 0 radical (unpaired) electrons. The van der Waals surface area contributed by atoms with Gasteiger partial charge >= 0.3 is 0 Å². The lowest BCUT2D eigenvalue weighted by Gasteiger charge is -2.17. The van der Waals surface area contributed by atoms with Crippen molar-refractivity contribution >= 4 is 43.1 Å². The van der Waals surface area contributed by atoms with Gasteiger partial charge in [0, 0.05) is 0 Å². The molecule has 0 heterocycles. The normalized spacial score (nSPS) is 11.8. The van der Waals surface area contributed by atoms with Crippen LogP contribution in [0.4, 0.5) is 0 Å². The zero-order chi connectivity index (χ0) is 22.8. The highest BCUT2D eigenvalue weighted by atomic mass is 14.2. The van der Waals surface area contributed by atoms with E-state index in [0.717, 1.165) is 0 Å². The molecular formula is C34H24. The Kier molecular flexibility index (Phi) is 4.07. The Labute approximate surface area is 199 Å². The van der Waals surface area contributed by atoms with Crippen molar-refractivity contribution in [1.82, 2.24) is 0 Å². The van der Waals surface area contributed by atoms with E-state index < -0.39 is 0 Å². The van der Waals surface area contributed by atoms with E-state index in [1.165, 1.54) is 76.5 Å². The van der Waals surface area contributed by atoms with Gasteiger partial charge in [-0.3, -0.25) is 0 Å². The van der Waals surface area contributed by atoms with Crippen molar-refractivity contribution in [2.45, 2.75) is 13.8 Å². The van der Waals surface area contributed by atoms with E-state index in [2.05, 4.69) is 123 Å². The third-order valence-corrected chi connectivity index (χ3v) is 7.56. The molecule has 0 aliphatic rings. The molecule has 0 spiro atoms. The lowest BCUT2D eigenvalue weighted by atomic mass is 9.86. The Balaban J connectivity index is 1.58. The SMILES string of the molecule is Cc1ccc(-c2ccc3ccc4c(-c5cccc6ccccc56)ccc5ccc2c3c54)cc1C. The highest BCUT2D eigenvalue weighted by molar-refractivity contribution is 6.28. The molecule has 7 aromatic rings. The van der Waals surface area contributed by atoms with Gasteiger partial charge in [-0.05, 0) is 90.3 Å². The second kappa shape index (κ2) is 7.17. The van der Waals surface area contributed by atoms with Gasteiger partial charge in [-0.2, -0.15) is 0 Å². The Morgan fingerprint density at radius 2 is 1.00 bits per heavy atom. The molecule has 0 aliphatic carbocycles. The van der Waals surface area contributed by atoms with E-state index in [-0.39, 0.29) is 0 Å². The summed E-state index contributed by atoms with van der Waals surface area (Å²) < 4.78 is 0. The van der Waals surface area contributed by atoms with Crippen molar-refractivity contribution in [3.8, 4) is 22.3 Å². The van der Waals surface area contributed by atoms with Crippen molar-refractivity contribution in [2.75, 3.05) is 0 Å². The first-order chi connectivity index (χ1) is 16.7. The maximum Gasteiger partial charge on any atom is -0.00203 e. The standard InChI is InChI=1S/C34H24/c1-21-10-11-26(20-22(21)2)28-16-12-24-15-19-32-30(17-13-25-14-18-31(28)33(24)34(25)32)29-9-5-7-23-6-3-4-8-27(23)29/h3-20H,1-2H3. The van der Waals surface area contributed by atoms with Gasteiger partial charge in [-0.25, -0.2) is 0 Å². The minimum atomic E-state index is 1.28. The molecule has 0 atom stereocenters. The first-order valence-electron chi connectivity index (χ1n) is 12.0. The second-order valence-electron chi connectivity index (χ2n) is 9.47. The van der Waals surface area contributed by atoms with E-state index in [1.54, 1.807) is 0 Å². The summed E-state index contributed by atoms with van der Waals surface area (Å²) in [7, 11) is 0. The van der Waals surface area contributed by atoms with Crippen molar-refractivity contribution in [2.24, 2.45) is 0 Å². The smallest absolute Gasteiger partial charge is 0.00203 e. The van der Waals surface area contributed by atoms with Gasteiger partial charge in [-0.1, -0.05) is 109 Å². The van der Waals surface area contributed by atoms with Gasteiger partial charge in [0.15, 0.2) is 0 Å². The van der Waals surface area contributed by atoms with Crippen LogP contribution >= 0.6 is 0 Å². The Bertz CT molecular complexity index is 1860. The summed E-state index contributed by atoms with van der Waals surface area (Å²) in [5.74, 6) is 0.